The monoisotopic (exact) mass is 355 g/mol. The Kier molecular flexibility index (Phi) is 5.95. The molecule has 2 amide bonds. The first-order valence-electron chi connectivity index (χ1n) is 8.50. The summed E-state index contributed by atoms with van der Waals surface area (Å²) in [6.45, 7) is -0.0673. The summed E-state index contributed by atoms with van der Waals surface area (Å²) in [5.74, 6) is -0.556. The molecule has 1 aromatic carbocycles. The van der Waals surface area contributed by atoms with Crippen molar-refractivity contribution in [3.05, 3.63) is 52.5 Å². The lowest BCUT2D eigenvalue weighted by molar-refractivity contribution is -0.121. The van der Waals surface area contributed by atoms with Crippen molar-refractivity contribution in [1.29, 1.82) is 0 Å². The van der Waals surface area contributed by atoms with E-state index in [2.05, 4.69) is 15.6 Å². The molecule has 3 rings (SSSR count). The van der Waals surface area contributed by atoms with Gasteiger partial charge >= 0.3 is 0 Å². The Bertz CT molecular complexity index is 745. The predicted molar refractivity (Wildman–Crippen MR) is 100 cm³/mol. The van der Waals surface area contributed by atoms with Crippen LogP contribution in [-0.4, -0.2) is 23.3 Å². The molecule has 0 fully saturated rings. The van der Waals surface area contributed by atoms with Crippen LogP contribution in [0.25, 0.3) is 6.08 Å². The van der Waals surface area contributed by atoms with Crippen LogP contribution in [0.5, 0.6) is 0 Å². The number of hydrogen-bond acceptors (Lipinski definition) is 4. The van der Waals surface area contributed by atoms with Crippen molar-refractivity contribution in [3.63, 3.8) is 0 Å². The third kappa shape index (κ3) is 5.26. The Morgan fingerprint density at radius 1 is 1.12 bits per heavy atom. The van der Waals surface area contributed by atoms with Crippen molar-refractivity contribution in [2.45, 2.75) is 32.1 Å². The number of aromatic nitrogens is 1. The van der Waals surface area contributed by atoms with Crippen LogP contribution in [-0.2, 0) is 22.4 Å². The number of fused-ring (bicyclic) bond motifs is 1. The molecular weight excluding hydrogens is 334 g/mol. The van der Waals surface area contributed by atoms with E-state index in [1.54, 1.807) is 17.4 Å². The fourth-order valence-corrected chi connectivity index (χ4v) is 3.77. The molecule has 0 radical (unpaired) electrons. The average molecular weight is 355 g/mol. The first-order valence-corrected chi connectivity index (χ1v) is 9.32. The molecule has 1 aromatic heterocycles. The average Bonchev–Trinajstić information content (AvgIpc) is 2.87. The summed E-state index contributed by atoms with van der Waals surface area (Å²) in [4.78, 5) is 29.6. The zero-order valence-electron chi connectivity index (χ0n) is 14.0. The standard InChI is InChI=1S/C19H21N3O2S/c23-17(12-11-14-7-3-1-4-8-14)20-13-18(24)22-19-21-15-9-5-2-6-10-16(15)25-19/h1,3-4,7-8,11-12H,2,5-6,9-10,13H2,(H,20,23)(H,21,22,24)/b12-11+. The Morgan fingerprint density at radius 3 is 2.76 bits per heavy atom. The number of rotatable bonds is 5. The van der Waals surface area contributed by atoms with Gasteiger partial charge in [0.25, 0.3) is 0 Å². The van der Waals surface area contributed by atoms with Gasteiger partial charge in [-0.05, 0) is 37.3 Å². The summed E-state index contributed by atoms with van der Waals surface area (Å²) < 4.78 is 0. The van der Waals surface area contributed by atoms with Gasteiger partial charge in [-0.3, -0.25) is 9.59 Å². The van der Waals surface area contributed by atoms with Crippen LogP contribution in [0, 0.1) is 0 Å². The summed E-state index contributed by atoms with van der Waals surface area (Å²) in [6, 6.07) is 9.53. The fraction of sp³-hybridized carbons (Fsp3) is 0.316. The van der Waals surface area contributed by atoms with Crippen molar-refractivity contribution in [1.82, 2.24) is 10.3 Å². The molecule has 0 aliphatic heterocycles. The first-order chi connectivity index (χ1) is 12.2. The van der Waals surface area contributed by atoms with Gasteiger partial charge in [-0.1, -0.05) is 36.8 Å². The predicted octanol–water partition coefficient (Wildman–Crippen LogP) is 3.18. The van der Waals surface area contributed by atoms with Crippen LogP contribution in [0.3, 0.4) is 0 Å². The Balaban J connectivity index is 1.46. The van der Waals surface area contributed by atoms with Gasteiger partial charge in [0.1, 0.15) is 0 Å². The smallest absolute Gasteiger partial charge is 0.245 e. The van der Waals surface area contributed by atoms with E-state index in [9.17, 15) is 9.59 Å². The van der Waals surface area contributed by atoms with Gasteiger partial charge < -0.3 is 10.6 Å². The number of carbonyl (C=O) groups excluding carboxylic acids is 2. The van der Waals surface area contributed by atoms with Gasteiger partial charge in [-0.25, -0.2) is 4.98 Å². The van der Waals surface area contributed by atoms with Gasteiger partial charge in [0.05, 0.1) is 12.2 Å². The highest BCUT2D eigenvalue weighted by atomic mass is 32.1. The quantitative estimate of drug-likeness (QED) is 0.639. The van der Waals surface area contributed by atoms with E-state index in [4.69, 9.17) is 0 Å². The molecule has 0 bridgehead atoms. The first kappa shape index (κ1) is 17.4. The molecule has 0 saturated carbocycles. The van der Waals surface area contributed by atoms with Gasteiger partial charge in [0.2, 0.25) is 11.8 Å². The Hall–Kier alpha value is -2.47. The molecule has 0 saturated heterocycles. The van der Waals surface area contributed by atoms with Crippen molar-refractivity contribution >= 4 is 34.4 Å². The van der Waals surface area contributed by atoms with E-state index < -0.39 is 0 Å². The highest BCUT2D eigenvalue weighted by Crippen LogP contribution is 2.28. The van der Waals surface area contributed by atoms with Crippen molar-refractivity contribution in [2.75, 3.05) is 11.9 Å². The molecule has 0 spiro atoms. The van der Waals surface area contributed by atoms with E-state index in [1.807, 2.05) is 30.3 Å². The molecule has 1 aliphatic carbocycles. The van der Waals surface area contributed by atoms with Gasteiger partial charge in [-0.2, -0.15) is 0 Å². The molecular formula is C19H21N3O2S. The number of thiazole rings is 1. The lowest BCUT2D eigenvalue weighted by atomic mass is 10.2. The van der Waals surface area contributed by atoms with Crippen LogP contribution >= 0.6 is 11.3 Å². The summed E-state index contributed by atoms with van der Waals surface area (Å²) in [6.07, 6.45) is 8.76. The Morgan fingerprint density at radius 2 is 1.92 bits per heavy atom. The molecule has 0 atom stereocenters. The van der Waals surface area contributed by atoms with Crippen LogP contribution in [0.1, 0.15) is 35.4 Å². The minimum atomic E-state index is -0.297. The minimum Gasteiger partial charge on any atom is -0.343 e. The van der Waals surface area contributed by atoms with E-state index in [0.717, 1.165) is 30.5 Å². The van der Waals surface area contributed by atoms with Crippen LogP contribution in [0.15, 0.2) is 36.4 Å². The molecule has 1 heterocycles. The van der Waals surface area contributed by atoms with E-state index >= 15 is 0 Å². The molecule has 2 aromatic rings. The number of anilines is 1. The summed E-state index contributed by atoms with van der Waals surface area (Å²) >= 11 is 1.55. The largest absolute Gasteiger partial charge is 0.343 e. The third-order valence-electron chi connectivity index (χ3n) is 3.99. The summed E-state index contributed by atoms with van der Waals surface area (Å²) in [5, 5.41) is 5.99. The second-order valence-electron chi connectivity index (χ2n) is 5.96. The zero-order chi connectivity index (χ0) is 17.5. The second kappa shape index (κ2) is 8.58. The molecule has 2 N–H and O–H groups in total. The minimum absolute atomic E-state index is 0.0673. The maximum atomic E-state index is 12.0. The van der Waals surface area contributed by atoms with E-state index in [-0.39, 0.29) is 18.4 Å². The number of aryl methyl sites for hydroxylation is 2. The van der Waals surface area contributed by atoms with E-state index in [0.29, 0.717) is 5.13 Å². The number of amides is 2. The Labute approximate surface area is 151 Å². The maximum absolute atomic E-state index is 12.0. The third-order valence-corrected chi connectivity index (χ3v) is 5.06. The highest BCUT2D eigenvalue weighted by molar-refractivity contribution is 7.15. The van der Waals surface area contributed by atoms with Gasteiger partial charge in [-0.15, -0.1) is 11.3 Å². The number of hydrogen-bond donors (Lipinski definition) is 2. The number of nitrogens with zero attached hydrogens (tertiary/aromatic N) is 1. The summed E-state index contributed by atoms with van der Waals surface area (Å²) in [7, 11) is 0. The van der Waals surface area contributed by atoms with Crippen LogP contribution in [0.2, 0.25) is 0 Å². The normalized spacial score (nSPS) is 13.9. The number of nitrogens with one attached hydrogen (secondary N) is 2. The van der Waals surface area contributed by atoms with Crippen LogP contribution < -0.4 is 10.6 Å². The molecule has 6 heteroatoms. The molecule has 0 unspecified atom stereocenters. The lowest BCUT2D eigenvalue weighted by Crippen LogP contribution is -2.31. The summed E-state index contributed by atoms with van der Waals surface area (Å²) in [5.41, 5.74) is 2.05. The number of carbonyl (C=O) groups is 2. The topological polar surface area (TPSA) is 71.1 Å². The molecule has 1 aliphatic rings. The number of benzene rings is 1. The highest BCUT2D eigenvalue weighted by Gasteiger charge is 2.15. The molecule has 130 valence electrons. The maximum Gasteiger partial charge on any atom is 0.245 e. The fourth-order valence-electron chi connectivity index (χ4n) is 2.71. The van der Waals surface area contributed by atoms with Crippen molar-refractivity contribution in [3.8, 4) is 0 Å². The van der Waals surface area contributed by atoms with Crippen LogP contribution in [0.4, 0.5) is 5.13 Å². The molecule has 25 heavy (non-hydrogen) atoms. The van der Waals surface area contributed by atoms with Gasteiger partial charge in [0, 0.05) is 11.0 Å². The van der Waals surface area contributed by atoms with Crippen molar-refractivity contribution in [2.24, 2.45) is 0 Å². The van der Waals surface area contributed by atoms with E-state index in [1.165, 1.54) is 23.8 Å². The lowest BCUT2D eigenvalue weighted by Gasteiger charge is -2.02. The SMILES string of the molecule is O=C(/C=C/c1ccccc1)NCC(=O)Nc1nc2c(s1)CCCCC2. The zero-order valence-corrected chi connectivity index (χ0v) is 14.8. The van der Waals surface area contributed by atoms with Gasteiger partial charge in [0.15, 0.2) is 5.13 Å². The second-order valence-corrected chi connectivity index (χ2v) is 7.04. The molecule has 5 nitrogen and oxygen atoms in total. The van der Waals surface area contributed by atoms with Crippen molar-refractivity contribution < 1.29 is 9.59 Å².